The van der Waals surface area contributed by atoms with Crippen LogP contribution in [0.15, 0.2) is 72.8 Å². The molecule has 37 nitrogen and oxygen atoms in total. The molecule has 0 unspecified atom stereocenters. The average molecular weight is 1730 g/mol. The Morgan fingerprint density at radius 3 is 1.90 bits per heavy atom. The summed E-state index contributed by atoms with van der Waals surface area (Å²) in [6, 6.07) is -1.67. The van der Waals surface area contributed by atoms with E-state index in [1.54, 1.807) is 13.8 Å². The standard InChI is InChI=1S/C82H108Cl2N12O25/c1-7-8-9-10-11-12-13-14-22-88-24-25-90-82(5)34-59(116-38(4)73(82)107)120-72-70(106)69(105)56(35-85)119-81(72)121-71-54-30-42-31-55(71)118-53-20-17-41(29-47(53)84)67(103)65-79(113)94-63(80(114)115)44-32-51(98)45(36-89-23-21-58(100)101)68(104)60(44)43-27-39(15-18-50(43)97)61(76(110)96-65)93-77(111)62(42)92-75(109)49(33-57(86)99)91-78(112)64(95-74(108)48(87-6)26-37(2)3)66(102)40-16-19-52(117-54)46(83)28-40/h15-20,27-32,37-38,48-49,56,59,61-67,69-70,72-73,81,87-90,97-98,102-107H,7-14,21-26,33-36,85H2,1-6H3,(H2,86,99)(H,91,112)(H,92,109)(H,93,111)(H,94,113)(H,95,108)(H,96,110)(H,100,101)(H,114,115)/t38-,48+,49-,56+,59-,61+,62+,63-,64+,65-,66+,67+,69+,70-,72+,73+,81-,82-/m0/s1. The summed E-state index contributed by atoms with van der Waals surface area (Å²) in [7, 11) is 1.48. The van der Waals surface area contributed by atoms with Crippen molar-refractivity contribution in [3.8, 4) is 57.1 Å². The molecule has 7 heterocycles. The Bertz CT molecular complexity index is 4590. The van der Waals surface area contributed by atoms with Crippen LogP contribution in [-0.4, -0.2) is 223 Å². The van der Waals surface area contributed by atoms with Gasteiger partial charge in [-0.3, -0.25) is 38.4 Å². The van der Waals surface area contributed by atoms with E-state index in [9.17, 15) is 70.2 Å². The van der Waals surface area contributed by atoms with Crippen molar-refractivity contribution in [1.82, 2.24) is 53.2 Å². The van der Waals surface area contributed by atoms with Crippen LogP contribution < -0.4 is 78.8 Å². The van der Waals surface area contributed by atoms with Crippen molar-refractivity contribution in [1.29, 1.82) is 0 Å². The van der Waals surface area contributed by atoms with Crippen molar-refractivity contribution >= 4 is 76.5 Å². The molecule has 11 bridgehead atoms. The SMILES string of the molecule is CCCCCCCCCCNCCN[C@@]1(C)C[C@H](O[C@H]2[C@H](Oc3c4cc5cc3Oc3ccc(cc3Cl)[C@@H](O)[C@@H](NC(=O)[C@@H](CC(C)C)NC)C(=O)N[C@@H](CC(N)=O)C(=O)N[C@H]5C(=O)N[C@H]3C(=O)N[C@H](C(=O)N[C@H](C(=O)O)c5cc(O)c(CNCCC(=O)O)c(O)c5-c5cc3ccc5O)[C@H](O)c3ccc(c(Cl)c3)O4)O[C@H](CN)[C@@H](O)[C@@H]2O)O[C@@H](C)[C@H]1O. The van der Waals surface area contributed by atoms with Crippen LogP contribution in [0.3, 0.4) is 0 Å². The van der Waals surface area contributed by atoms with Gasteiger partial charge < -0.3 is 144 Å². The van der Waals surface area contributed by atoms with E-state index in [2.05, 4.69) is 60.1 Å². The van der Waals surface area contributed by atoms with Crippen molar-refractivity contribution in [2.45, 2.75) is 227 Å². The number of fused-ring (bicyclic) bond motifs is 15. The van der Waals surface area contributed by atoms with Crippen LogP contribution in [0.4, 0.5) is 0 Å². The van der Waals surface area contributed by atoms with Crippen molar-refractivity contribution < 1.29 is 123 Å². The van der Waals surface area contributed by atoms with Gasteiger partial charge in [0.15, 0.2) is 29.9 Å². The van der Waals surface area contributed by atoms with E-state index in [4.69, 9.17) is 63.1 Å². The maximum absolute atomic E-state index is 16.4. The second-order valence-electron chi connectivity index (χ2n) is 31.4. The van der Waals surface area contributed by atoms with E-state index >= 15 is 24.0 Å². The summed E-state index contributed by atoms with van der Waals surface area (Å²) in [5, 5.41) is 144. The topological polar surface area (TPSA) is 584 Å². The minimum Gasteiger partial charge on any atom is -0.507 e. The van der Waals surface area contributed by atoms with Crippen LogP contribution in [-0.2, 0) is 63.9 Å². The smallest absolute Gasteiger partial charge is 0.330 e. The molecule has 0 radical (unpaired) electrons. The number of primary amides is 1. The van der Waals surface area contributed by atoms with Gasteiger partial charge in [-0.25, -0.2) is 4.79 Å². The number of aliphatic carboxylic acids is 2. The number of unbranched alkanes of at least 4 members (excludes halogenated alkanes) is 7. The number of phenolic OH excluding ortho intramolecular Hbond substituents is 3. The molecule has 0 spiro atoms. The summed E-state index contributed by atoms with van der Waals surface area (Å²) in [5.74, 6) is -17.5. The number of hydrogen-bond donors (Lipinski definition) is 22. The van der Waals surface area contributed by atoms with E-state index in [1.165, 1.54) is 51.3 Å². The molecule has 5 aromatic carbocycles. The molecule has 39 heteroatoms. The molecule has 660 valence electrons. The first-order chi connectivity index (χ1) is 57.5. The molecule has 7 aliphatic heterocycles. The molecule has 0 aromatic heterocycles. The van der Waals surface area contributed by atoms with Crippen molar-refractivity contribution in [2.75, 3.05) is 39.8 Å². The van der Waals surface area contributed by atoms with Crippen molar-refractivity contribution in [3.63, 3.8) is 0 Å². The first kappa shape index (κ1) is 93.5. The lowest BCUT2D eigenvalue weighted by molar-refractivity contribution is -0.331. The molecule has 24 N–H and O–H groups in total. The third kappa shape index (κ3) is 22.7. The van der Waals surface area contributed by atoms with Gasteiger partial charge in [0, 0.05) is 61.4 Å². The van der Waals surface area contributed by atoms with Gasteiger partial charge in [-0.2, -0.15) is 0 Å². The number of benzene rings is 5. The van der Waals surface area contributed by atoms with E-state index in [1.807, 2.05) is 13.8 Å². The zero-order chi connectivity index (χ0) is 88.0. The molecule has 121 heavy (non-hydrogen) atoms. The Labute approximate surface area is 706 Å². The number of amides is 7. The van der Waals surface area contributed by atoms with Crippen LogP contribution in [0.25, 0.3) is 11.1 Å². The molecule has 12 rings (SSSR count). The average Bonchev–Trinajstić information content (AvgIpc) is 0.756. The normalized spacial score (nSPS) is 26.5. The number of hydrogen-bond acceptors (Lipinski definition) is 28. The Morgan fingerprint density at radius 2 is 1.29 bits per heavy atom. The molecular weight excluding hydrogens is 1620 g/mol. The van der Waals surface area contributed by atoms with E-state index in [0.717, 1.165) is 86.5 Å². The zero-order valence-electron chi connectivity index (χ0n) is 67.6. The lowest BCUT2D eigenvalue weighted by Gasteiger charge is -2.48. The Hall–Kier alpha value is -9.81. The predicted molar refractivity (Wildman–Crippen MR) is 435 cm³/mol. The summed E-state index contributed by atoms with van der Waals surface area (Å²) in [6.45, 7) is 9.62. The molecule has 0 saturated carbocycles. The van der Waals surface area contributed by atoms with Gasteiger partial charge in [0.1, 0.15) is 89.5 Å². The van der Waals surface area contributed by atoms with E-state index in [-0.39, 0.29) is 47.2 Å². The van der Waals surface area contributed by atoms with E-state index < -0.39 is 267 Å². The summed E-state index contributed by atoms with van der Waals surface area (Å²) in [4.78, 5) is 131. The molecule has 0 aliphatic carbocycles. The van der Waals surface area contributed by atoms with Crippen LogP contribution in [0, 0.1) is 5.92 Å². The number of aromatic hydroxyl groups is 3. The number of phenols is 3. The number of nitrogens with two attached hydrogens (primary N) is 2. The number of carboxylic acids is 2. The van der Waals surface area contributed by atoms with Gasteiger partial charge in [-0.15, -0.1) is 0 Å². The number of halogens is 2. The third-order valence-electron chi connectivity index (χ3n) is 21.9. The summed E-state index contributed by atoms with van der Waals surface area (Å²) >= 11 is 14.4. The first-order valence-corrected chi connectivity index (χ1v) is 41.0. The Morgan fingerprint density at radius 1 is 0.669 bits per heavy atom. The summed E-state index contributed by atoms with van der Waals surface area (Å²) in [5.41, 5.74) is 7.38. The zero-order valence-corrected chi connectivity index (χ0v) is 69.1. The van der Waals surface area contributed by atoms with Crippen LogP contribution in [0.2, 0.25) is 10.0 Å². The number of carbonyl (C=O) groups excluding carboxylic acids is 7. The van der Waals surface area contributed by atoms with Crippen molar-refractivity contribution in [3.05, 3.63) is 116 Å². The van der Waals surface area contributed by atoms with Crippen LogP contribution in [0.5, 0.6) is 46.0 Å². The predicted octanol–water partition coefficient (Wildman–Crippen LogP) is 3.00. The third-order valence-corrected chi connectivity index (χ3v) is 22.5. The van der Waals surface area contributed by atoms with Gasteiger partial charge in [0.05, 0.1) is 46.7 Å². The second kappa shape index (κ2) is 41.8. The fourth-order valence-electron chi connectivity index (χ4n) is 15.3. The number of likely N-dealkylation sites (N-methyl/N-ethyl adjacent to an activating group) is 1. The monoisotopic (exact) mass is 1730 g/mol. The minimum absolute atomic E-state index is 0.0984. The van der Waals surface area contributed by atoms with Crippen LogP contribution >= 0.6 is 23.2 Å². The highest BCUT2D eigenvalue weighted by atomic mass is 35.5. The number of nitrogens with one attached hydrogen (secondary N) is 10. The van der Waals surface area contributed by atoms with Gasteiger partial charge in [0.25, 0.3) is 0 Å². The van der Waals surface area contributed by atoms with Gasteiger partial charge in [-0.05, 0) is 123 Å². The number of aliphatic hydroxyl groups is 5. The quantitative estimate of drug-likeness (QED) is 0.0284. The summed E-state index contributed by atoms with van der Waals surface area (Å²) < 4.78 is 39.8. The highest BCUT2D eigenvalue weighted by molar-refractivity contribution is 6.32. The number of rotatable bonds is 31. The summed E-state index contributed by atoms with van der Waals surface area (Å²) in [6.07, 6.45) is -9.09. The Balaban J connectivity index is 1.17. The molecule has 2 fully saturated rings. The maximum atomic E-state index is 16.4. The van der Waals surface area contributed by atoms with E-state index in [0.29, 0.717) is 13.1 Å². The number of aliphatic hydroxyl groups excluding tert-OH is 5. The molecule has 2 saturated heterocycles. The van der Waals surface area contributed by atoms with Gasteiger partial charge in [-0.1, -0.05) is 107 Å². The van der Waals surface area contributed by atoms with Gasteiger partial charge >= 0.3 is 11.9 Å². The molecule has 7 aliphatic rings. The Kier molecular flexibility index (Phi) is 32.3. The van der Waals surface area contributed by atoms with Gasteiger partial charge in [0.2, 0.25) is 53.4 Å². The largest absolute Gasteiger partial charge is 0.507 e. The molecule has 5 aromatic rings. The fourth-order valence-corrected chi connectivity index (χ4v) is 15.7. The first-order valence-electron chi connectivity index (χ1n) is 40.2. The molecule has 7 amide bonds. The lowest BCUT2D eigenvalue weighted by Crippen LogP contribution is -2.66. The highest BCUT2D eigenvalue weighted by Crippen LogP contribution is 2.51. The highest BCUT2D eigenvalue weighted by Gasteiger charge is 2.52. The minimum atomic E-state index is -2.38. The van der Waals surface area contributed by atoms with Crippen molar-refractivity contribution in [2.24, 2.45) is 17.4 Å². The molecule has 18 atom stereocenters. The maximum Gasteiger partial charge on any atom is 0.330 e. The second-order valence-corrected chi connectivity index (χ2v) is 32.2. The van der Waals surface area contributed by atoms with Crippen LogP contribution in [0.1, 0.15) is 175 Å². The number of ether oxygens (including phenoxy) is 6. The fraction of sp³-hybridized carbons (Fsp3) is 0.524. The number of carboxylic acid groups (broad SMARTS) is 2. The molecular formula is C82H108Cl2N12O25. The number of carbonyl (C=O) groups is 9. The lowest BCUT2D eigenvalue weighted by atomic mass is 9.85.